The molecule has 9 nitrogen and oxygen atoms in total. The first kappa shape index (κ1) is 28.8. The number of amides is 3. The molecule has 3 rings (SSSR count). The molecule has 1 aliphatic rings. The van der Waals surface area contributed by atoms with Crippen molar-refractivity contribution in [2.24, 2.45) is 0 Å². The van der Waals surface area contributed by atoms with Crippen LogP contribution in [0.1, 0.15) is 49.1 Å². The SMILES string of the molecule is COc1cc(CCC(=O)N2CCCNC(=O)CCC(c3ccccc3)CCNC(=O)C2)cc(OC)c1OC. The Balaban J connectivity index is 1.64. The summed E-state index contributed by atoms with van der Waals surface area (Å²) < 4.78 is 16.2. The van der Waals surface area contributed by atoms with Crippen molar-refractivity contribution in [3.8, 4) is 17.2 Å². The Morgan fingerprint density at radius 3 is 2.26 bits per heavy atom. The average Bonchev–Trinajstić information content (AvgIpc) is 2.94. The van der Waals surface area contributed by atoms with Crippen LogP contribution in [0.5, 0.6) is 17.2 Å². The highest BCUT2D eigenvalue weighted by molar-refractivity contribution is 5.85. The number of nitrogens with zero attached hydrogens (tertiary/aromatic N) is 1. The van der Waals surface area contributed by atoms with Gasteiger partial charge in [-0.25, -0.2) is 0 Å². The molecule has 38 heavy (non-hydrogen) atoms. The van der Waals surface area contributed by atoms with E-state index in [4.69, 9.17) is 14.2 Å². The minimum absolute atomic E-state index is 0.00676. The largest absolute Gasteiger partial charge is 0.493 e. The maximum absolute atomic E-state index is 13.2. The summed E-state index contributed by atoms with van der Waals surface area (Å²) in [6.07, 6.45) is 3.09. The van der Waals surface area contributed by atoms with Crippen LogP contribution >= 0.6 is 0 Å². The second-order valence-corrected chi connectivity index (χ2v) is 9.34. The van der Waals surface area contributed by atoms with E-state index in [2.05, 4.69) is 22.8 Å². The normalized spacial score (nSPS) is 17.6. The first-order chi connectivity index (χ1) is 18.4. The average molecular weight is 526 g/mol. The lowest BCUT2D eigenvalue weighted by Crippen LogP contribution is -2.42. The van der Waals surface area contributed by atoms with Gasteiger partial charge in [-0.1, -0.05) is 30.3 Å². The summed E-state index contributed by atoms with van der Waals surface area (Å²) in [5, 5.41) is 5.92. The minimum atomic E-state index is -0.181. The van der Waals surface area contributed by atoms with Crippen molar-refractivity contribution < 1.29 is 28.6 Å². The van der Waals surface area contributed by atoms with Gasteiger partial charge < -0.3 is 29.7 Å². The predicted molar refractivity (Wildman–Crippen MR) is 145 cm³/mol. The number of methoxy groups -OCH3 is 3. The van der Waals surface area contributed by atoms with Crippen LogP contribution in [-0.4, -0.2) is 70.1 Å². The third-order valence-electron chi connectivity index (χ3n) is 6.77. The Bertz CT molecular complexity index is 1050. The van der Waals surface area contributed by atoms with Crippen LogP contribution in [0.25, 0.3) is 0 Å². The van der Waals surface area contributed by atoms with Crippen LogP contribution < -0.4 is 24.8 Å². The highest BCUT2D eigenvalue weighted by Gasteiger charge is 2.20. The van der Waals surface area contributed by atoms with E-state index in [-0.39, 0.29) is 36.6 Å². The van der Waals surface area contributed by atoms with Gasteiger partial charge in [0.2, 0.25) is 23.5 Å². The van der Waals surface area contributed by atoms with Gasteiger partial charge in [-0.2, -0.15) is 0 Å². The van der Waals surface area contributed by atoms with Crippen molar-refractivity contribution in [2.75, 3.05) is 47.5 Å². The monoisotopic (exact) mass is 525 g/mol. The Morgan fingerprint density at radius 1 is 0.921 bits per heavy atom. The predicted octanol–water partition coefficient (Wildman–Crippen LogP) is 3.06. The fourth-order valence-electron chi connectivity index (χ4n) is 4.69. The number of aryl methyl sites for hydroxylation is 1. The lowest BCUT2D eigenvalue weighted by molar-refractivity contribution is -0.136. The molecular formula is C29H39N3O6. The second kappa shape index (κ2) is 14.9. The lowest BCUT2D eigenvalue weighted by Gasteiger charge is -2.24. The highest BCUT2D eigenvalue weighted by Crippen LogP contribution is 2.38. The molecule has 1 aliphatic heterocycles. The first-order valence-corrected chi connectivity index (χ1v) is 13.1. The third-order valence-corrected chi connectivity index (χ3v) is 6.77. The summed E-state index contributed by atoms with van der Waals surface area (Å²) in [5.41, 5.74) is 2.02. The van der Waals surface area contributed by atoms with E-state index in [1.54, 1.807) is 26.2 Å². The number of carbonyl (C=O) groups excluding carboxylic acids is 3. The van der Waals surface area contributed by atoms with Gasteiger partial charge in [0.15, 0.2) is 11.5 Å². The molecule has 2 N–H and O–H groups in total. The van der Waals surface area contributed by atoms with E-state index in [0.717, 1.165) is 24.0 Å². The summed E-state index contributed by atoms with van der Waals surface area (Å²) >= 11 is 0. The van der Waals surface area contributed by atoms with E-state index in [0.29, 0.717) is 56.1 Å². The molecule has 3 amide bonds. The maximum Gasteiger partial charge on any atom is 0.239 e. The van der Waals surface area contributed by atoms with E-state index >= 15 is 0 Å². The number of nitrogens with one attached hydrogen (secondary N) is 2. The van der Waals surface area contributed by atoms with Crippen molar-refractivity contribution >= 4 is 17.7 Å². The molecule has 1 atom stereocenters. The van der Waals surface area contributed by atoms with E-state index in [1.165, 1.54) is 0 Å². The summed E-state index contributed by atoms with van der Waals surface area (Å²) in [7, 11) is 4.64. The van der Waals surface area contributed by atoms with E-state index in [9.17, 15) is 14.4 Å². The molecule has 0 saturated carbocycles. The molecule has 2 aromatic carbocycles. The van der Waals surface area contributed by atoms with Crippen LogP contribution in [0.4, 0.5) is 0 Å². The highest BCUT2D eigenvalue weighted by atomic mass is 16.5. The van der Waals surface area contributed by atoms with Gasteiger partial charge in [-0.15, -0.1) is 0 Å². The zero-order valence-corrected chi connectivity index (χ0v) is 22.6. The molecule has 2 aromatic rings. The Labute approximate surface area is 224 Å². The zero-order valence-electron chi connectivity index (χ0n) is 22.6. The van der Waals surface area contributed by atoms with Crippen LogP contribution in [0.3, 0.4) is 0 Å². The van der Waals surface area contributed by atoms with Gasteiger partial charge in [0, 0.05) is 32.5 Å². The van der Waals surface area contributed by atoms with Crippen molar-refractivity contribution in [3.05, 3.63) is 53.6 Å². The topological polar surface area (TPSA) is 106 Å². The molecular weight excluding hydrogens is 486 g/mol. The summed E-state index contributed by atoms with van der Waals surface area (Å²) in [6, 6.07) is 13.7. The van der Waals surface area contributed by atoms with Crippen molar-refractivity contribution in [1.29, 1.82) is 0 Å². The molecule has 206 valence electrons. The number of carbonyl (C=O) groups is 3. The number of hydrogen-bond acceptors (Lipinski definition) is 6. The number of ether oxygens (including phenoxy) is 3. The molecule has 1 heterocycles. The third kappa shape index (κ3) is 8.39. The quantitative estimate of drug-likeness (QED) is 0.576. The summed E-state index contributed by atoms with van der Waals surface area (Å²) in [6.45, 7) is 1.30. The first-order valence-electron chi connectivity index (χ1n) is 13.1. The Kier molecular flexibility index (Phi) is 11.3. The van der Waals surface area contributed by atoms with Crippen LogP contribution in [-0.2, 0) is 20.8 Å². The number of hydrogen-bond donors (Lipinski definition) is 2. The maximum atomic E-state index is 13.2. The molecule has 1 unspecified atom stereocenters. The van der Waals surface area contributed by atoms with Crippen molar-refractivity contribution in [2.45, 2.75) is 44.4 Å². The molecule has 9 heteroatoms. The fraction of sp³-hybridized carbons (Fsp3) is 0.483. The van der Waals surface area contributed by atoms with Crippen LogP contribution in [0.2, 0.25) is 0 Å². The van der Waals surface area contributed by atoms with E-state index < -0.39 is 0 Å². The van der Waals surface area contributed by atoms with Gasteiger partial charge in [0.05, 0.1) is 27.9 Å². The molecule has 0 bridgehead atoms. The standard InChI is InChI=1S/C29H39N3O6/c1-36-24-18-21(19-25(37-2)29(24)38-3)10-13-28(35)32-17-7-15-30-26(33)12-11-23(14-16-31-27(34)20-32)22-8-5-4-6-9-22/h4-6,8-9,18-19,23H,7,10-17,20H2,1-3H3,(H,30,33)(H,31,34). The number of benzene rings is 2. The zero-order chi connectivity index (χ0) is 27.3. The van der Waals surface area contributed by atoms with Gasteiger partial charge in [0.1, 0.15) is 0 Å². The molecule has 0 spiro atoms. The second-order valence-electron chi connectivity index (χ2n) is 9.34. The molecule has 1 fully saturated rings. The van der Waals surface area contributed by atoms with Crippen molar-refractivity contribution in [1.82, 2.24) is 15.5 Å². The van der Waals surface area contributed by atoms with Gasteiger partial charge in [-0.3, -0.25) is 14.4 Å². The van der Waals surface area contributed by atoms with Gasteiger partial charge in [0.25, 0.3) is 0 Å². The van der Waals surface area contributed by atoms with E-state index in [1.807, 2.05) is 30.3 Å². The summed E-state index contributed by atoms with van der Waals surface area (Å²) in [5.74, 6) is 1.41. The van der Waals surface area contributed by atoms with Crippen LogP contribution in [0, 0.1) is 0 Å². The lowest BCUT2D eigenvalue weighted by atomic mass is 9.91. The summed E-state index contributed by atoms with van der Waals surface area (Å²) in [4.78, 5) is 39.9. The number of rotatable bonds is 7. The molecule has 0 radical (unpaired) electrons. The van der Waals surface area contributed by atoms with Gasteiger partial charge in [-0.05, 0) is 54.9 Å². The Hall–Kier alpha value is -3.75. The van der Waals surface area contributed by atoms with Gasteiger partial charge >= 0.3 is 0 Å². The molecule has 0 aliphatic carbocycles. The van der Waals surface area contributed by atoms with Crippen molar-refractivity contribution in [3.63, 3.8) is 0 Å². The molecule has 0 aromatic heterocycles. The van der Waals surface area contributed by atoms with Crippen LogP contribution in [0.15, 0.2) is 42.5 Å². The Morgan fingerprint density at radius 2 is 1.61 bits per heavy atom. The minimum Gasteiger partial charge on any atom is -0.493 e. The molecule has 1 saturated heterocycles. The smallest absolute Gasteiger partial charge is 0.239 e. The fourth-order valence-corrected chi connectivity index (χ4v) is 4.69.